The van der Waals surface area contributed by atoms with E-state index in [9.17, 15) is 23.3 Å². The van der Waals surface area contributed by atoms with Crippen molar-refractivity contribution in [2.24, 2.45) is 5.41 Å². The van der Waals surface area contributed by atoms with Gasteiger partial charge < -0.3 is 9.80 Å². The highest BCUT2D eigenvalue weighted by Crippen LogP contribution is 2.60. The molecule has 0 N–H and O–H groups in total. The lowest BCUT2D eigenvalue weighted by Crippen LogP contribution is -2.69. The van der Waals surface area contributed by atoms with Gasteiger partial charge in [-0.3, -0.25) is 9.59 Å². The van der Waals surface area contributed by atoms with Crippen LogP contribution < -0.4 is 0 Å². The number of rotatable bonds is 3. The number of nitrogens with zero attached hydrogens (tertiary/aromatic N) is 4. The van der Waals surface area contributed by atoms with Crippen molar-refractivity contribution >= 4 is 58.0 Å². The number of amides is 2. The van der Waals surface area contributed by atoms with Crippen LogP contribution in [0.2, 0.25) is 0 Å². The predicted octanol–water partition coefficient (Wildman–Crippen LogP) is 3.43. The highest BCUT2D eigenvalue weighted by atomic mass is 32.2. The largest absolute Gasteiger partial charge is 0.320 e. The number of aromatic nitrogens is 1. The Bertz CT molecular complexity index is 1580. The summed E-state index contributed by atoms with van der Waals surface area (Å²) >= 11 is 9.19. The van der Waals surface area contributed by atoms with Crippen LogP contribution in [0.15, 0.2) is 65.7 Å². The zero-order valence-electron chi connectivity index (χ0n) is 19.8. The number of carbonyl (C=O) groups excluding carboxylic acids is 2. The Morgan fingerprint density at radius 3 is 2.25 bits per heavy atom. The van der Waals surface area contributed by atoms with Crippen LogP contribution in [0, 0.1) is 16.7 Å². The zero-order chi connectivity index (χ0) is 26.3. The molecule has 3 aromatic rings. The molecule has 2 aliphatic rings. The van der Waals surface area contributed by atoms with E-state index in [1.165, 1.54) is 46.1 Å². The molecule has 11 heteroatoms. The molecular weight excluding hydrogens is 517 g/mol. The molecule has 4 atom stereocenters. The van der Waals surface area contributed by atoms with Gasteiger partial charge in [-0.25, -0.2) is 12.4 Å². The molecule has 2 aliphatic heterocycles. The van der Waals surface area contributed by atoms with Crippen molar-refractivity contribution < 1.29 is 18.0 Å². The number of benzene rings is 2. The van der Waals surface area contributed by atoms with Crippen LogP contribution in [0.4, 0.5) is 0 Å². The lowest BCUT2D eigenvalue weighted by Gasteiger charge is -2.50. The Morgan fingerprint density at radius 1 is 1.00 bits per heavy atom. The minimum Gasteiger partial charge on any atom is -0.320 e. The Morgan fingerprint density at radius 2 is 1.61 bits per heavy atom. The Kier molecular flexibility index (Phi) is 5.35. The molecule has 2 fully saturated rings. The van der Waals surface area contributed by atoms with Crippen molar-refractivity contribution in [2.75, 3.05) is 7.05 Å². The molecule has 1 aromatic heterocycles. The lowest BCUT2D eigenvalue weighted by atomic mass is 9.79. The number of nitriles is 1. The molecule has 0 saturated carbocycles. The van der Waals surface area contributed by atoms with Gasteiger partial charge in [-0.15, -0.1) is 25.3 Å². The van der Waals surface area contributed by atoms with Crippen molar-refractivity contribution in [3.05, 3.63) is 66.4 Å². The van der Waals surface area contributed by atoms with Gasteiger partial charge in [-0.05, 0) is 32.0 Å². The minimum absolute atomic E-state index is 0.0337. The first-order valence-electron chi connectivity index (χ1n) is 11.2. The molecule has 0 aliphatic carbocycles. The average molecular weight is 541 g/mol. The van der Waals surface area contributed by atoms with Gasteiger partial charge in [0, 0.05) is 30.6 Å². The maximum Gasteiger partial charge on any atom is 0.268 e. The zero-order valence-corrected chi connectivity index (χ0v) is 22.4. The van der Waals surface area contributed by atoms with Crippen molar-refractivity contribution in [2.45, 2.75) is 40.9 Å². The summed E-state index contributed by atoms with van der Waals surface area (Å²) in [5.74, 6) is -0.942. The highest BCUT2D eigenvalue weighted by molar-refractivity contribution is 7.90. The normalized spacial score (nSPS) is 30.5. The third kappa shape index (κ3) is 3.11. The first kappa shape index (κ1) is 24.7. The Labute approximate surface area is 220 Å². The second-order valence-corrected chi connectivity index (χ2v) is 13.1. The van der Waals surface area contributed by atoms with Crippen LogP contribution in [0.1, 0.15) is 31.9 Å². The molecule has 2 amide bonds. The van der Waals surface area contributed by atoms with Crippen LogP contribution in [0.5, 0.6) is 0 Å². The molecule has 186 valence electrons. The van der Waals surface area contributed by atoms with E-state index in [2.05, 4.69) is 18.7 Å². The van der Waals surface area contributed by atoms with E-state index in [1.807, 2.05) is 0 Å². The fourth-order valence-electron chi connectivity index (χ4n) is 5.38. The molecule has 2 aromatic carbocycles. The molecule has 0 bridgehead atoms. The van der Waals surface area contributed by atoms with Crippen LogP contribution in [-0.2, 0) is 19.6 Å². The van der Waals surface area contributed by atoms with Crippen molar-refractivity contribution in [3.8, 4) is 6.07 Å². The number of para-hydroxylation sites is 1. The third-order valence-electron chi connectivity index (χ3n) is 7.36. The van der Waals surface area contributed by atoms with E-state index in [-0.39, 0.29) is 11.3 Å². The minimum atomic E-state index is -4.00. The van der Waals surface area contributed by atoms with Crippen molar-refractivity contribution in [1.82, 2.24) is 13.8 Å². The molecule has 3 heterocycles. The monoisotopic (exact) mass is 540 g/mol. The molecule has 2 saturated heterocycles. The van der Waals surface area contributed by atoms with E-state index in [0.29, 0.717) is 16.5 Å². The van der Waals surface area contributed by atoms with E-state index in [4.69, 9.17) is 12.6 Å². The summed E-state index contributed by atoms with van der Waals surface area (Å²) in [4.78, 5) is 26.9. The summed E-state index contributed by atoms with van der Waals surface area (Å²) in [5.41, 5.74) is -0.400. The maximum atomic E-state index is 13.8. The van der Waals surface area contributed by atoms with Gasteiger partial charge >= 0.3 is 0 Å². The SMILES string of the molecule is CN1C(=O)[C@@]2(S)C[C@](C)(C#N)[C@H](c3cn(S(=O)(=O)c4ccccc4)c4ccccc34)N2C(=O)C1(C)S. The van der Waals surface area contributed by atoms with Crippen LogP contribution in [0.25, 0.3) is 10.9 Å². The fraction of sp³-hybridized carbons (Fsp3) is 0.320. The fourth-order valence-corrected chi connectivity index (χ4v) is 7.66. The molecule has 1 unspecified atom stereocenters. The quantitative estimate of drug-likeness (QED) is 0.496. The van der Waals surface area contributed by atoms with E-state index in [0.717, 1.165) is 0 Å². The summed E-state index contributed by atoms with van der Waals surface area (Å²) in [5, 5.41) is 10.9. The maximum absolute atomic E-state index is 13.8. The van der Waals surface area contributed by atoms with Gasteiger partial charge in [0.25, 0.3) is 21.8 Å². The van der Waals surface area contributed by atoms with Gasteiger partial charge in [0.15, 0.2) is 9.74 Å². The van der Waals surface area contributed by atoms with Crippen LogP contribution >= 0.6 is 25.3 Å². The van der Waals surface area contributed by atoms with Crippen LogP contribution in [0.3, 0.4) is 0 Å². The molecular formula is C25H24N4O4S3. The highest BCUT2D eigenvalue weighted by Gasteiger charge is 2.69. The van der Waals surface area contributed by atoms with Crippen molar-refractivity contribution in [1.29, 1.82) is 5.26 Å². The summed E-state index contributed by atoms with van der Waals surface area (Å²) in [6, 6.07) is 16.3. The van der Waals surface area contributed by atoms with E-state index < -0.39 is 43.0 Å². The van der Waals surface area contributed by atoms with Gasteiger partial charge in [0.2, 0.25) is 0 Å². The summed E-state index contributed by atoms with van der Waals surface area (Å²) in [6.07, 6.45) is 1.42. The van der Waals surface area contributed by atoms with Gasteiger partial charge in [0.1, 0.15) is 0 Å². The molecule has 36 heavy (non-hydrogen) atoms. The molecule has 8 nitrogen and oxygen atoms in total. The van der Waals surface area contributed by atoms with Crippen LogP contribution in [-0.4, -0.2) is 50.8 Å². The van der Waals surface area contributed by atoms with E-state index in [1.54, 1.807) is 49.4 Å². The molecule has 0 radical (unpaired) electrons. The summed E-state index contributed by atoms with van der Waals surface area (Å²) in [7, 11) is -2.51. The van der Waals surface area contributed by atoms with Gasteiger partial charge in [0.05, 0.1) is 27.9 Å². The van der Waals surface area contributed by atoms with Crippen molar-refractivity contribution in [3.63, 3.8) is 0 Å². The Balaban J connectivity index is 1.80. The molecule has 0 spiro atoms. The van der Waals surface area contributed by atoms with E-state index >= 15 is 0 Å². The summed E-state index contributed by atoms with van der Waals surface area (Å²) < 4.78 is 28.5. The first-order chi connectivity index (χ1) is 16.8. The van der Waals surface area contributed by atoms with Gasteiger partial charge in [-0.2, -0.15) is 5.26 Å². The second kappa shape index (κ2) is 7.78. The predicted molar refractivity (Wildman–Crippen MR) is 141 cm³/mol. The number of hydrogen-bond acceptors (Lipinski definition) is 7. The smallest absolute Gasteiger partial charge is 0.268 e. The lowest BCUT2D eigenvalue weighted by molar-refractivity contribution is -0.163. The Hall–Kier alpha value is -2.94. The number of likely N-dealkylation sites (N-methyl/N-ethyl adjacent to an activating group) is 1. The second-order valence-electron chi connectivity index (χ2n) is 9.70. The summed E-state index contributed by atoms with van der Waals surface area (Å²) in [6.45, 7) is 3.19. The number of piperazine rings is 1. The number of thiol groups is 2. The third-order valence-corrected chi connectivity index (χ3v) is 10.1. The average Bonchev–Trinajstić information content (AvgIpc) is 3.36. The first-order valence-corrected chi connectivity index (χ1v) is 13.5. The topological polar surface area (TPSA) is 103 Å². The molecule has 5 rings (SSSR count). The van der Waals surface area contributed by atoms with Gasteiger partial charge in [-0.1, -0.05) is 36.4 Å². The number of carbonyl (C=O) groups is 2. The number of fused-ring (bicyclic) bond motifs is 2. The number of hydrogen-bond donors (Lipinski definition) is 2. The standard InChI is InChI=1S/C25H24N4O4S3/c1-23(15-26)14-25(35)22(31)27(3)24(2,34)21(30)29(25)20(23)18-13-28(19-12-8-7-11-17(18)19)36(32,33)16-9-5-4-6-10-16/h4-13,20,34-35H,14H2,1-3H3/t20-,23+,24?,25-/m0/s1.